The minimum absolute atomic E-state index is 0.173. The third kappa shape index (κ3) is 4.36. The number of nitrogens with one attached hydrogen (secondary N) is 1. The summed E-state index contributed by atoms with van der Waals surface area (Å²) in [5, 5.41) is 2.68. The Balaban J connectivity index is 1.97. The normalized spacial score (nSPS) is 11.7. The van der Waals surface area contributed by atoms with E-state index in [1.165, 1.54) is 11.3 Å². The number of aromatic nitrogens is 2. The van der Waals surface area contributed by atoms with Crippen LogP contribution in [0, 0.1) is 0 Å². The Bertz CT molecular complexity index is 639. The third-order valence-corrected chi connectivity index (χ3v) is 5.00. The molecular formula is C13H17N3O2S2. The predicted molar refractivity (Wildman–Crippen MR) is 80.9 cm³/mol. The van der Waals surface area contributed by atoms with Crippen molar-refractivity contribution in [3.63, 3.8) is 0 Å². The second-order valence-corrected chi connectivity index (χ2v) is 7.22. The summed E-state index contributed by atoms with van der Waals surface area (Å²) in [5.41, 5.74) is 1.83. The number of hydrogen-bond donors (Lipinski definition) is 1. The molecule has 0 aliphatic carbocycles. The van der Waals surface area contributed by atoms with Gasteiger partial charge in [-0.15, -0.1) is 11.3 Å². The molecule has 20 heavy (non-hydrogen) atoms. The Morgan fingerprint density at radius 1 is 1.30 bits per heavy atom. The quantitative estimate of drug-likeness (QED) is 0.852. The van der Waals surface area contributed by atoms with Gasteiger partial charge in [0.25, 0.3) is 0 Å². The van der Waals surface area contributed by atoms with Crippen LogP contribution in [0.1, 0.15) is 24.8 Å². The highest BCUT2D eigenvalue weighted by atomic mass is 32.2. The summed E-state index contributed by atoms with van der Waals surface area (Å²) in [6.07, 6.45) is 4.96. The first kappa shape index (κ1) is 15.1. The minimum Gasteiger partial charge on any atom is -0.265 e. The van der Waals surface area contributed by atoms with E-state index in [1.807, 2.05) is 24.4 Å². The summed E-state index contributed by atoms with van der Waals surface area (Å²) in [5.74, 6) is 0.173. The zero-order chi connectivity index (χ0) is 14.4. The van der Waals surface area contributed by atoms with Gasteiger partial charge in [-0.05, 0) is 18.6 Å². The SMILES string of the molecule is CCCCS(=O)(=O)NCc1nc(-c2ccncc2)cs1. The van der Waals surface area contributed by atoms with Crippen molar-refractivity contribution in [2.75, 3.05) is 5.75 Å². The van der Waals surface area contributed by atoms with Crippen LogP contribution in [0.3, 0.4) is 0 Å². The highest BCUT2D eigenvalue weighted by Gasteiger charge is 2.11. The lowest BCUT2D eigenvalue weighted by Crippen LogP contribution is -2.25. The first-order chi connectivity index (χ1) is 9.61. The molecule has 2 rings (SSSR count). The van der Waals surface area contributed by atoms with Gasteiger partial charge in [0.05, 0.1) is 18.0 Å². The fraction of sp³-hybridized carbons (Fsp3) is 0.385. The van der Waals surface area contributed by atoms with E-state index >= 15 is 0 Å². The average molecular weight is 311 g/mol. The molecule has 0 amide bonds. The molecule has 0 saturated carbocycles. The molecule has 0 saturated heterocycles. The highest BCUT2D eigenvalue weighted by molar-refractivity contribution is 7.89. The Hall–Kier alpha value is -1.31. The Morgan fingerprint density at radius 2 is 2.05 bits per heavy atom. The van der Waals surface area contributed by atoms with Gasteiger partial charge in [0, 0.05) is 23.3 Å². The molecule has 7 heteroatoms. The molecule has 2 heterocycles. The fourth-order valence-corrected chi connectivity index (χ4v) is 3.63. The fourth-order valence-electron chi connectivity index (χ4n) is 1.63. The van der Waals surface area contributed by atoms with E-state index in [2.05, 4.69) is 14.7 Å². The molecule has 0 aliphatic heterocycles. The van der Waals surface area contributed by atoms with Gasteiger partial charge in [0.2, 0.25) is 10.0 Å². The van der Waals surface area contributed by atoms with E-state index in [-0.39, 0.29) is 12.3 Å². The van der Waals surface area contributed by atoms with E-state index in [0.717, 1.165) is 22.7 Å². The summed E-state index contributed by atoms with van der Waals surface area (Å²) in [6, 6.07) is 3.76. The number of pyridine rings is 1. The van der Waals surface area contributed by atoms with Gasteiger partial charge in [-0.25, -0.2) is 18.1 Å². The molecule has 0 unspecified atom stereocenters. The van der Waals surface area contributed by atoms with Crippen LogP contribution in [-0.4, -0.2) is 24.1 Å². The lowest BCUT2D eigenvalue weighted by molar-refractivity contribution is 0.578. The van der Waals surface area contributed by atoms with Crippen LogP contribution < -0.4 is 4.72 Å². The summed E-state index contributed by atoms with van der Waals surface area (Å²) in [4.78, 5) is 8.39. The van der Waals surface area contributed by atoms with Gasteiger partial charge in [-0.3, -0.25) is 4.98 Å². The second kappa shape index (κ2) is 6.92. The average Bonchev–Trinajstić information content (AvgIpc) is 2.93. The number of nitrogens with zero attached hydrogens (tertiary/aromatic N) is 2. The second-order valence-electron chi connectivity index (χ2n) is 4.36. The molecule has 0 bridgehead atoms. The van der Waals surface area contributed by atoms with Crippen LogP contribution in [-0.2, 0) is 16.6 Å². The molecule has 2 aromatic heterocycles. The lowest BCUT2D eigenvalue weighted by Gasteiger charge is -2.03. The lowest BCUT2D eigenvalue weighted by atomic mass is 10.2. The standard InChI is InChI=1S/C13H17N3O2S2/c1-2-3-8-20(17,18)15-9-13-16-12(10-19-13)11-4-6-14-7-5-11/h4-7,10,15H,2-3,8-9H2,1H3. The van der Waals surface area contributed by atoms with Gasteiger partial charge in [-0.1, -0.05) is 13.3 Å². The van der Waals surface area contributed by atoms with Crippen LogP contribution in [0.4, 0.5) is 0 Å². The zero-order valence-electron chi connectivity index (χ0n) is 11.2. The smallest absolute Gasteiger partial charge is 0.211 e. The van der Waals surface area contributed by atoms with E-state index in [1.54, 1.807) is 12.4 Å². The molecule has 0 aromatic carbocycles. The molecule has 1 N–H and O–H groups in total. The van der Waals surface area contributed by atoms with Crippen molar-refractivity contribution < 1.29 is 8.42 Å². The topological polar surface area (TPSA) is 72.0 Å². The maximum atomic E-state index is 11.7. The van der Waals surface area contributed by atoms with Crippen molar-refractivity contribution in [2.24, 2.45) is 0 Å². The Morgan fingerprint density at radius 3 is 2.75 bits per heavy atom. The summed E-state index contributed by atoms with van der Waals surface area (Å²) in [6.45, 7) is 2.22. The van der Waals surface area contributed by atoms with Crippen LogP contribution in [0.5, 0.6) is 0 Å². The molecule has 0 fully saturated rings. The van der Waals surface area contributed by atoms with Crippen molar-refractivity contribution in [2.45, 2.75) is 26.3 Å². The van der Waals surface area contributed by atoms with E-state index < -0.39 is 10.0 Å². The maximum Gasteiger partial charge on any atom is 0.211 e. The zero-order valence-corrected chi connectivity index (χ0v) is 12.9. The molecule has 5 nitrogen and oxygen atoms in total. The van der Waals surface area contributed by atoms with Crippen molar-refractivity contribution in [3.8, 4) is 11.3 Å². The molecule has 0 radical (unpaired) electrons. The summed E-state index contributed by atoms with van der Waals surface area (Å²) < 4.78 is 26.0. The number of hydrogen-bond acceptors (Lipinski definition) is 5. The van der Waals surface area contributed by atoms with Gasteiger partial charge < -0.3 is 0 Å². The van der Waals surface area contributed by atoms with Crippen molar-refractivity contribution >= 4 is 21.4 Å². The van der Waals surface area contributed by atoms with Gasteiger partial charge in [-0.2, -0.15) is 0 Å². The van der Waals surface area contributed by atoms with Crippen LogP contribution in [0.2, 0.25) is 0 Å². The number of unbranched alkanes of at least 4 members (excludes halogenated alkanes) is 1. The first-order valence-corrected chi connectivity index (χ1v) is 8.96. The van der Waals surface area contributed by atoms with Crippen molar-refractivity contribution in [1.29, 1.82) is 0 Å². The van der Waals surface area contributed by atoms with E-state index in [9.17, 15) is 8.42 Å². The molecule has 0 atom stereocenters. The van der Waals surface area contributed by atoms with Crippen LogP contribution in [0.15, 0.2) is 29.9 Å². The molecule has 2 aromatic rings. The Labute approximate surface area is 123 Å². The Kier molecular flexibility index (Phi) is 5.22. The van der Waals surface area contributed by atoms with Crippen molar-refractivity contribution in [3.05, 3.63) is 34.9 Å². The first-order valence-electron chi connectivity index (χ1n) is 6.43. The minimum atomic E-state index is -3.19. The summed E-state index contributed by atoms with van der Waals surface area (Å²) >= 11 is 1.45. The van der Waals surface area contributed by atoms with Gasteiger partial charge >= 0.3 is 0 Å². The largest absolute Gasteiger partial charge is 0.265 e. The third-order valence-electron chi connectivity index (χ3n) is 2.74. The highest BCUT2D eigenvalue weighted by Crippen LogP contribution is 2.21. The van der Waals surface area contributed by atoms with Crippen molar-refractivity contribution in [1.82, 2.24) is 14.7 Å². The number of sulfonamides is 1. The molecular weight excluding hydrogens is 294 g/mol. The van der Waals surface area contributed by atoms with E-state index in [4.69, 9.17) is 0 Å². The predicted octanol–water partition coefficient (Wildman–Crippen LogP) is 2.42. The summed E-state index contributed by atoms with van der Waals surface area (Å²) in [7, 11) is -3.19. The number of rotatable bonds is 7. The van der Waals surface area contributed by atoms with Gasteiger partial charge in [0.15, 0.2) is 0 Å². The maximum absolute atomic E-state index is 11.7. The van der Waals surface area contributed by atoms with E-state index in [0.29, 0.717) is 6.42 Å². The molecule has 0 spiro atoms. The molecule has 0 aliphatic rings. The van der Waals surface area contributed by atoms with Gasteiger partial charge in [0.1, 0.15) is 5.01 Å². The van der Waals surface area contributed by atoms with Crippen LogP contribution in [0.25, 0.3) is 11.3 Å². The van der Waals surface area contributed by atoms with Crippen LogP contribution >= 0.6 is 11.3 Å². The number of thiazole rings is 1. The molecule has 108 valence electrons. The monoisotopic (exact) mass is 311 g/mol.